The van der Waals surface area contributed by atoms with E-state index in [0.717, 1.165) is 0 Å². The molecule has 0 aromatic heterocycles. The van der Waals surface area contributed by atoms with Crippen molar-refractivity contribution in [1.82, 2.24) is 0 Å². The van der Waals surface area contributed by atoms with E-state index in [-0.39, 0.29) is 22.3 Å². The fourth-order valence-corrected chi connectivity index (χ4v) is 3.54. The second-order valence-electron chi connectivity index (χ2n) is 5.44. The number of amides is 1. The van der Waals surface area contributed by atoms with Crippen LogP contribution in [-0.2, 0) is 0 Å². The fraction of sp³-hybridized carbons (Fsp3) is 0.176. The lowest BCUT2D eigenvalue weighted by Crippen LogP contribution is -2.32. The van der Waals surface area contributed by atoms with Crippen LogP contribution in [0.25, 0.3) is 0 Å². The molecule has 0 saturated carbocycles. The molecule has 2 aromatic carbocycles. The SMILES string of the molecule is COc1cc(OC)c(Cl)c(N2CN=C(N)c3cccc(C(N)=O)c32)c1Cl. The maximum Gasteiger partial charge on any atom is 0.250 e. The smallest absolute Gasteiger partial charge is 0.250 e. The lowest BCUT2D eigenvalue weighted by Gasteiger charge is -2.32. The van der Waals surface area contributed by atoms with Crippen molar-refractivity contribution in [2.75, 3.05) is 25.8 Å². The maximum absolute atomic E-state index is 12.0. The lowest BCUT2D eigenvalue weighted by molar-refractivity contribution is 0.100. The van der Waals surface area contributed by atoms with Crippen molar-refractivity contribution in [2.45, 2.75) is 0 Å². The molecule has 1 amide bonds. The molecule has 0 fully saturated rings. The van der Waals surface area contributed by atoms with E-state index in [1.165, 1.54) is 14.2 Å². The molecule has 1 heterocycles. The monoisotopic (exact) mass is 394 g/mol. The summed E-state index contributed by atoms with van der Waals surface area (Å²) in [6, 6.07) is 6.61. The van der Waals surface area contributed by atoms with Crippen molar-refractivity contribution in [2.24, 2.45) is 16.5 Å². The quantitative estimate of drug-likeness (QED) is 0.829. The number of fused-ring (bicyclic) bond motifs is 1. The Labute approximate surface area is 160 Å². The molecule has 0 atom stereocenters. The summed E-state index contributed by atoms with van der Waals surface area (Å²) in [5.74, 6) is 0.414. The molecule has 0 bridgehead atoms. The van der Waals surface area contributed by atoms with Crippen LogP contribution in [0, 0.1) is 0 Å². The molecule has 26 heavy (non-hydrogen) atoms. The number of nitrogens with two attached hydrogens (primary N) is 2. The van der Waals surface area contributed by atoms with Crippen LogP contribution in [0.15, 0.2) is 29.3 Å². The molecule has 7 nitrogen and oxygen atoms in total. The molecule has 0 spiro atoms. The molecule has 4 N–H and O–H groups in total. The van der Waals surface area contributed by atoms with E-state index in [9.17, 15) is 4.79 Å². The Morgan fingerprint density at radius 3 is 2.31 bits per heavy atom. The zero-order valence-corrected chi connectivity index (χ0v) is 15.6. The summed E-state index contributed by atoms with van der Waals surface area (Å²) < 4.78 is 10.6. The Bertz CT molecular complexity index is 902. The summed E-state index contributed by atoms with van der Waals surface area (Å²) in [4.78, 5) is 17.9. The number of aliphatic imine (C=N–C) groups is 1. The minimum atomic E-state index is -0.608. The number of carbonyl (C=O) groups excluding carboxylic acids is 1. The largest absolute Gasteiger partial charge is 0.495 e. The topological polar surface area (TPSA) is 103 Å². The molecule has 1 aliphatic heterocycles. The number of benzene rings is 2. The van der Waals surface area contributed by atoms with E-state index in [1.807, 2.05) is 0 Å². The minimum Gasteiger partial charge on any atom is -0.495 e. The van der Waals surface area contributed by atoms with Gasteiger partial charge in [0.1, 0.15) is 34.0 Å². The van der Waals surface area contributed by atoms with E-state index < -0.39 is 5.91 Å². The van der Waals surface area contributed by atoms with Gasteiger partial charge >= 0.3 is 0 Å². The highest BCUT2D eigenvalue weighted by Gasteiger charge is 2.30. The summed E-state index contributed by atoms with van der Waals surface area (Å²) in [5, 5.41) is 0.499. The third-order valence-electron chi connectivity index (χ3n) is 4.05. The molecule has 3 rings (SSSR count). The number of rotatable bonds is 4. The average molecular weight is 395 g/mol. The fourth-order valence-electron chi connectivity index (χ4n) is 2.83. The third-order valence-corrected chi connectivity index (χ3v) is 4.78. The van der Waals surface area contributed by atoms with Gasteiger partial charge in [-0.1, -0.05) is 29.3 Å². The third kappa shape index (κ3) is 2.79. The zero-order chi connectivity index (χ0) is 19.0. The summed E-state index contributed by atoms with van der Waals surface area (Å²) in [6.07, 6.45) is 0. The predicted octanol–water partition coefficient (Wildman–Crippen LogP) is 2.92. The lowest BCUT2D eigenvalue weighted by atomic mass is 10.0. The van der Waals surface area contributed by atoms with Crippen LogP contribution in [0.3, 0.4) is 0 Å². The first-order chi connectivity index (χ1) is 12.4. The number of carbonyl (C=O) groups is 1. The van der Waals surface area contributed by atoms with E-state index in [0.29, 0.717) is 34.3 Å². The second-order valence-corrected chi connectivity index (χ2v) is 6.19. The van der Waals surface area contributed by atoms with Crippen LogP contribution in [0.5, 0.6) is 11.5 Å². The standard InChI is InChI=1S/C17H16Cl2N4O3/c1-25-10-6-11(26-2)13(19)15(12(10)18)23-7-22-16(20)8-4-3-5-9(14(8)23)17(21)24/h3-6H,7H2,1-2H3,(H2,20,22)(H2,21,24). The van der Waals surface area contributed by atoms with Crippen molar-refractivity contribution in [1.29, 1.82) is 0 Å². The van der Waals surface area contributed by atoms with Gasteiger partial charge in [-0.3, -0.25) is 4.79 Å². The maximum atomic E-state index is 12.0. The number of hydrogen-bond donors (Lipinski definition) is 2. The van der Waals surface area contributed by atoms with Gasteiger partial charge in [-0.2, -0.15) is 0 Å². The van der Waals surface area contributed by atoms with Crippen LogP contribution < -0.4 is 25.8 Å². The number of halogens is 2. The average Bonchev–Trinajstić information content (AvgIpc) is 2.63. The van der Waals surface area contributed by atoms with Crippen LogP contribution in [0.2, 0.25) is 10.0 Å². The van der Waals surface area contributed by atoms with Crippen LogP contribution in [0.1, 0.15) is 15.9 Å². The van der Waals surface area contributed by atoms with Crippen molar-refractivity contribution >= 4 is 46.3 Å². The summed E-state index contributed by atoms with van der Waals surface area (Å²) >= 11 is 13.0. The first-order valence-corrected chi connectivity index (χ1v) is 8.26. The number of nitrogens with zero attached hydrogens (tertiary/aromatic N) is 2. The highest BCUT2D eigenvalue weighted by Crippen LogP contribution is 2.49. The molecule has 0 radical (unpaired) electrons. The Morgan fingerprint density at radius 1 is 1.15 bits per heavy atom. The Kier molecular flexibility index (Phi) is 4.84. The van der Waals surface area contributed by atoms with Crippen molar-refractivity contribution in [3.05, 3.63) is 45.4 Å². The molecule has 0 aliphatic carbocycles. The van der Waals surface area contributed by atoms with Gasteiger partial charge in [0.2, 0.25) is 0 Å². The molecular formula is C17H16Cl2N4O3. The number of para-hydroxylation sites is 1. The Morgan fingerprint density at radius 2 is 1.77 bits per heavy atom. The van der Waals surface area contributed by atoms with Gasteiger partial charge in [-0.05, 0) is 12.1 Å². The zero-order valence-electron chi connectivity index (χ0n) is 14.0. The Balaban J connectivity index is 2.33. The van der Waals surface area contributed by atoms with Gasteiger partial charge in [0.05, 0.1) is 31.2 Å². The number of anilines is 2. The minimum absolute atomic E-state index is 0.0961. The van der Waals surface area contributed by atoms with E-state index >= 15 is 0 Å². The van der Waals surface area contributed by atoms with Gasteiger partial charge in [0, 0.05) is 11.6 Å². The molecule has 1 aliphatic rings. The van der Waals surface area contributed by atoms with Gasteiger partial charge < -0.3 is 25.8 Å². The van der Waals surface area contributed by atoms with Gasteiger partial charge in [0.25, 0.3) is 5.91 Å². The summed E-state index contributed by atoms with van der Waals surface area (Å²) in [6.45, 7) is 0.0961. The Hall–Kier alpha value is -2.64. The van der Waals surface area contributed by atoms with Gasteiger partial charge in [-0.25, -0.2) is 4.99 Å². The number of amidine groups is 1. The van der Waals surface area contributed by atoms with Gasteiger partial charge in [-0.15, -0.1) is 0 Å². The van der Waals surface area contributed by atoms with Gasteiger partial charge in [0.15, 0.2) is 0 Å². The number of hydrogen-bond acceptors (Lipinski definition) is 6. The molecule has 0 saturated heterocycles. The first-order valence-electron chi connectivity index (χ1n) is 7.51. The highest BCUT2D eigenvalue weighted by atomic mass is 35.5. The number of methoxy groups -OCH3 is 2. The molecule has 9 heteroatoms. The normalized spacial score (nSPS) is 13.1. The molecule has 0 unspecified atom stereocenters. The molecule has 136 valence electrons. The molecule has 2 aromatic rings. The van der Waals surface area contributed by atoms with E-state index in [1.54, 1.807) is 29.2 Å². The van der Waals surface area contributed by atoms with Crippen molar-refractivity contribution in [3.63, 3.8) is 0 Å². The second kappa shape index (κ2) is 6.93. The highest BCUT2D eigenvalue weighted by molar-refractivity contribution is 6.41. The van der Waals surface area contributed by atoms with Crippen LogP contribution >= 0.6 is 23.2 Å². The van der Waals surface area contributed by atoms with E-state index in [2.05, 4.69) is 4.99 Å². The predicted molar refractivity (Wildman–Crippen MR) is 102 cm³/mol. The van der Waals surface area contributed by atoms with Crippen LogP contribution in [-0.4, -0.2) is 32.6 Å². The number of ether oxygens (including phenoxy) is 2. The van der Waals surface area contributed by atoms with E-state index in [4.69, 9.17) is 44.1 Å². The van der Waals surface area contributed by atoms with Crippen LogP contribution in [0.4, 0.5) is 11.4 Å². The molecular weight excluding hydrogens is 379 g/mol. The summed E-state index contributed by atoms with van der Waals surface area (Å²) in [5.41, 5.74) is 13.2. The first kappa shape index (κ1) is 18.2. The van der Waals surface area contributed by atoms with Crippen molar-refractivity contribution < 1.29 is 14.3 Å². The summed E-state index contributed by atoms with van der Waals surface area (Å²) in [7, 11) is 2.96. The van der Waals surface area contributed by atoms with Crippen molar-refractivity contribution in [3.8, 4) is 11.5 Å². The number of primary amides is 1.